The first kappa shape index (κ1) is 15.3. The highest BCUT2D eigenvalue weighted by Crippen LogP contribution is 2.22. The predicted octanol–water partition coefficient (Wildman–Crippen LogP) is 2.75. The number of anilines is 1. The number of hydrogen-bond acceptors (Lipinski definition) is 3. The normalized spacial score (nSPS) is 21.6. The summed E-state index contributed by atoms with van der Waals surface area (Å²) in [6, 6.07) is 9.12. The fourth-order valence-corrected chi connectivity index (χ4v) is 3.09. The average molecular weight is 276 g/mol. The molecule has 1 aromatic rings. The van der Waals surface area contributed by atoms with Gasteiger partial charge >= 0.3 is 0 Å². The van der Waals surface area contributed by atoms with Crippen molar-refractivity contribution in [2.24, 2.45) is 5.92 Å². The SMILES string of the molecule is CC(Nc1cccc(CCCO)c1)C1CCCN(C)C1. The first-order valence-corrected chi connectivity index (χ1v) is 7.84. The van der Waals surface area contributed by atoms with E-state index in [1.54, 1.807) is 0 Å². The molecular formula is C17H28N2O. The summed E-state index contributed by atoms with van der Waals surface area (Å²) in [5.41, 5.74) is 2.51. The number of nitrogens with one attached hydrogen (secondary N) is 1. The quantitative estimate of drug-likeness (QED) is 0.838. The van der Waals surface area contributed by atoms with E-state index < -0.39 is 0 Å². The Balaban J connectivity index is 1.91. The molecule has 1 heterocycles. The van der Waals surface area contributed by atoms with Gasteiger partial charge in [0.15, 0.2) is 0 Å². The molecule has 0 aromatic heterocycles. The molecule has 0 saturated carbocycles. The standard InChI is InChI=1S/C17H28N2O/c1-14(16-8-4-10-19(2)13-16)18-17-9-3-6-15(12-17)7-5-11-20/h3,6,9,12,14,16,18,20H,4-5,7-8,10-11,13H2,1-2H3. The van der Waals surface area contributed by atoms with Gasteiger partial charge in [0, 0.05) is 24.9 Å². The molecular weight excluding hydrogens is 248 g/mol. The van der Waals surface area contributed by atoms with Crippen molar-refractivity contribution in [2.75, 3.05) is 32.1 Å². The highest BCUT2D eigenvalue weighted by Gasteiger charge is 2.22. The molecule has 1 fully saturated rings. The van der Waals surface area contributed by atoms with Crippen molar-refractivity contribution in [3.05, 3.63) is 29.8 Å². The minimum Gasteiger partial charge on any atom is -0.396 e. The van der Waals surface area contributed by atoms with Crippen LogP contribution >= 0.6 is 0 Å². The van der Waals surface area contributed by atoms with Gasteiger partial charge in [-0.3, -0.25) is 0 Å². The number of nitrogens with zero attached hydrogens (tertiary/aromatic N) is 1. The van der Waals surface area contributed by atoms with Crippen molar-refractivity contribution in [2.45, 2.75) is 38.6 Å². The molecule has 0 bridgehead atoms. The first-order chi connectivity index (χ1) is 9.69. The molecule has 0 radical (unpaired) electrons. The molecule has 1 aliphatic rings. The third-order valence-corrected chi connectivity index (χ3v) is 4.31. The monoisotopic (exact) mass is 276 g/mol. The first-order valence-electron chi connectivity index (χ1n) is 7.84. The fourth-order valence-electron chi connectivity index (χ4n) is 3.09. The highest BCUT2D eigenvalue weighted by molar-refractivity contribution is 5.46. The Kier molecular flexibility index (Phi) is 5.86. The lowest BCUT2D eigenvalue weighted by Crippen LogP contribution is -2.39. The van der Waals surface area contributed by atoms with Crippen LogP contribution in [0.25, 0.3) is 0 Å². The molecule has 3 heteroatoms. The van der Waals surface area contributed by atoms with E-state index in [-0.39, 0.29) is 6.61 Å². The summed E-state index contributed by atoms with van der Waals surface area (Å²) in [4.78, 5) is 2.43. The molecule has 2 N–H and O–H groups in total. The molecule has 0 amide bonds. The second-order valence-electron chi connectivity index (χ2n) is 6.13. The number of aryl methyl sites for hydroxylation is 1. The Bertz CT molecular complexity index is 408. The number of piperidine rings is 1. The lowest BCUT2D eigenvalue weighted by atomic mass is 9.91. The van der Waals surface area contributed by atoms with Crippen LogP contribution in [0.5, 0.6) is 0 Å². The summed E-state index contributed by atoms with van der Waals surface area (Å²) in [5.74, 6) is 0.731. The average Bonchev–Trinajstić information content (AvgIpc) is 2.45. The van der Waals surface area contributed by atoms with Gasteiger partial charge in [-0.1, -0.05) is 12.1 Å². The van der Waals surface area contributed by atoms with Gasteiger partial charge in [0.25, 0.3) is 0 Å². The van der Waals surface area contributed by atoms with Crippen molar-refractivity contribution in [1.29, 1.82) is 0 Å². The third kappa shape index (κ3) is 4.50. The van der Waals surface area contributed by atoms with Gasteiger partial charge in [-0.05, 0) is 69.8 Å². The van der Waals surface area contributed by atoms with Crippen LogP contribution in [0.2, 0.25) is 0 Å². The minimum atomic E-state index is 0.266. The van der Waals surface area contributed by atoms with Crippen molar-refractivity contribution >= 4 is 5.69 Å². The van der Waals surface area contributed by atoms with Crippen LogP contribution in [-0.4, -0.2) is 42.8 Å². The van der Waals surface area contributed by atoms with Crippen LogP contribution in [0, 0.1) is 5.92 Å². The van der Waals surface area contributed by atoms with Gasteiger partial charge < -0.3 is 15.3 Å². The lowest BCUT2D eigenvalue weighted by molar-refractivity contribution is 0.197. The summed E-state index contributed by atoms with van der Waals surface area (Å²) in [5, 5.41) is 12.6. The zero-order chi connectivity index (χ0) is 14.4. The molecule has 1 saturated heterocycles. The maximum atomic E-state index is 8.92. The summed E-state index contributed by atoms with van der Waals surface area (Å²) in [6.45, 7) is 4.99. The van der Waals surface area contributed by atoms with Gasteiger partial charge in [0.1, 0.15) is 0 Å². The van der Waals surface area contributed by atoms with Gasteiger partial charge in [0.05, 0.1) is 0 Å². The molecule has 2 atom stereocenters. The van der Waals surface area contributed by atoms with E-state index in [1.165, 1.54) is 37.2 Å². The molecule has 2 unspecified atom stereocenters. The smallest absolute Gasteiger partial charge is 0.0434 e. The zero-order valence-corrected chi connectivity index (χ0v) is 12.8. The number of rotatable bonds is 6. The van der Waals surface area contributed by atoms with E-state index in [9.17, 15) is 0 Å². The van der Waals surface area contributed by atoms with Crippen molar-refractivity contribution in [1.82, 2.24) is 4.90 Å². The van der Waals surface area contributed by atoms with E-state index in [4.69, 9.17) is 5.11 Å². The topological polar surface area (TPSA) is 35.5 Å². The number of aliphatic hydroxyl groups is 1. The Morgan fingerprint density at radius 2 is 2.30 bits per heavy atom. The molecule has 1 aromatic carbocycles. The van der Waals surface area contributed by atoms with E-state index >= 15 is 0 Å². The molecule has 0 spiro atoms. The van der Waals surface area contributed by atoms with Crippen molar-refractivity contribution in [3.8, 4) is 0 Å². The lowest BCUT2D eigenvalue weighted by Gasteiger charge is -2.34. The highest BCUT2D eigenvalue weighted by atomic mass is 16.2. The fraction of sp³-hybridized carbons (Fsp3) is 0.647. The van der Waals surface area contributed by atoms with Gasteiger partial charge in [0.2, 0.25) is 0 Å². The molecule has 0 aliphatic carbocycles. The van der Waals surface area contributed by atoms with Crippen LogP contribution in [0.4, 0.5) is 5.69 Å². The second-order valence-corrected chi connectivity index (χ2v) is 6.13. The van der Waals surface area contributed by atoms with Crippen molar-refractivity contribution < 1.29 is 5.11 Å². The number of hydrogen-bond donors (Lipinski definition) is 2. The summed E-state index contributed by atoms with van der Waals surface area (Å²) in [7, 11) is 2.22. The Hall–Kier alpha value is -1.06. The summed E-state index contributed by atoms with van der Waals surface area (Å²) >= 11 is 0. The van der Waals surface area contributed by atoms with Crippen LogP contribution in [0.3, 0.4) is 0 Å². The predicted molar refractivity (Wildman–Crippen MR) is 85.2 cm³/mol. The van der Waals surface area contributed by atoms with E-state index in [0.29, 0.717) is 6.04 Å². The van der Waals surface area contributed by atoms with Crippen LogP contribution in [0.1, 0.15) is 31.7 Å². The summed E-state index contributed by atoms with van der Waals surface area (Å²) < 4.78 is 0. The third-order valence-electron chi connectivity index (χ3n) is 4.31. The molecule has 1 aliphatic heterocycles. The maximum Gasteiger partial charge on any atom is 0.0434 e. The molecule has 20 heavy (non-hydrogen) atoms. The minimum absolute atomic E-state index is 0.266. The van der Waals surface area contributed by atoms with E-state index in [0.717, 1.165) is 18.8 Å². The number of benzene rings is 1. The number of likely N-dealkylation sites (tertiary alicyclic amines) is 1. The largest absolute Gasteiger partial charge is 0.396 e. The van der Waals surface area contributed by atoms with Crippen LogP contribution in [0.15, 0.2) is 24.3 Å². The van der Waals surface area contributed by atoms with Gasteiger partial charge in [-0.15, -0.1) is 0 Å². The number of aliphatic hydroxyl groups excluding tert-OH is 1. The van der Waals surface area contributed by atoms with Crippen molar-refractivity contribution in [3.63, 3.8) is 0 Å². The Morgan fingerprint density at radius 1 is 1.45 bits per heavy atom. The molecule has 2 rings (SSSR count). The van der Waals surface area contributed by atoms with Gasteiger partial charge in [-0.25, -0.2) is 0 Å². The van der Waals surface area contributed by atoms with E-state index in [1.807, 2.05) is 0 Å². The Labute approximate surface area is 123 Å². The van der Waals surface area contributed by atoms with Crippen LogP contribution < -0.4 is 5.32 Å². The summed E-state index contributed by atoms with van der Waals surface area (Å²) in [6.07, 6.45) is 4.42. The van der Waals surface area contributed by atoms with E-state index in [2.05, 4.69) is 48.5 Å². The molecule has 3 nitrogen and oxygen atoms in total. The van der Waals surface area contributed by atoms with Crippen LogP contribution in [-0.2, 0) is 6.42 Å². The van der Waals surface area contributed by atoms with Gasteiger partial charge in [-0.2, -0.15) is 0 Å². The Morgan fingerprint density at radius 3 is 3.05 bits per heavy atom. The second kappa shape index (κ2) is 7.65. The maximum absolute atomic E-state index is 8.92. The zero-order valence-electron chi connectivity index (χ0n) is 12.8. The molecule has 112 valence electrons.